The van der Waals surface area contributed by atoms with Gasteiger partial charge in [-0.2, -0.15) is 12.7 Å². The third-order valence-electron chi connectivity index (χ3n) is 2.11. The summed E-state index contributed by atoms with van der Waals surface area (Å²) in [4.78, 5) is 11.2. The second-order valence-corrected chi connectivity index (χ2v) is 5.50. The minimum absolute atomic E-state index is 0.325. The van der Waals surface area contributed by atoms with Gasteiger partial charge in [0.05, 0.1) is 12.3 Å². The number of nitrogens with two attached hydrogens (primary N) is 1. The molecular formula is C8H17N3O4S. The van der Waals surface area contributed by atoms with Gasteiger partial charge >= 0.3 is 16.3 Å². The molecule has 0 aliphatic carbocycles. The van der Waals surface area contributed by atoms with Crippen LogP contribution in [-0.2, 0) is 14.9 Å². The van der Waals surface area contributed by atoms with E-state index in [1.54, 1.807) is 13.8 Å². The topological polar surface area (TPSA) is 102 Å². The molecule has 0 bridgehead atoms. The molecule has 1 aliphatic rings. The molecule has 1 heterocycles. The van der Waals surface area contributed by atoms with E-state index in [1.807, 2.05) is 4.72 Å². The van der Waals surface area contributed by atoms with Crippen molar-refractivity contribution in [1.29, 1.82) is 0 Å². The van der Waals surface area contributed by atoms with Crippen molar-refractivity contribution in [2.24, 2.45) is 5.73 Å². The first-order valence-corrected chi connectivity index (χ1v) is 6.52. The molecule has 1 aliphatic heterocycles. The van der Waals surface area contributed by atoms with Crippen LogP contribution in [0.2, 0.25) is 0 Å². The molecule has 1 amide bonds. The molecule has 1 saturated heterocycles. The number of rotatable bonds is 3. The van der Waals surface area contributed by atoms with Crippen molar-refractivity contribution < 1.29 is 17.9 Å². The maximum atomic E-state index is 11.7. The zero-order valence-electron chi connectivity index (χ0n) is 9.34. The van der Waals surface area contributed by atoms with Crippen LogP contribution < -0.4 is 10.5 Å². The van der Waals surface area contributed by atoms with Gasteiger partial charge in [0.25, 0.3) is 0 Å². The molecule has 0 aromatic heterocycles. The van der Waals surface area contributed by atoms with Crippen molar-refractivity contribution >= 4 is 16.3 Å². The zero-order valence-corrected chi connectivity index (χ0v) is 10.2. The normalized spacial score (nSPS) is 22.4. The molecule has 1 rings (SSSR count). The lowest BCUT2D eigenvalue weighted by Gasteiger charge is -2.20. The molecular weight excluding hydrogens is 234 g/mol. The minimum atomic E-state index is -3.87. The molecule has 0 spiro atoms. The fraction of sp³-hybridized carbons (Fsp3) is 0.875. The number of ether oxygens (including phenoxy) is 1. The Morgan fingerprint density at radius 1 is 1.56 bits per heavy atom. The van der Waals surface area contributed by atoms with Crippen molar-refractivity contribution in [1.82, 2.24) is 9.03 Å². The molecule has 3 N–H and O–H groups in total. The molecule has 0 saturated carbocycles. The average Bonchev–Trinajstić information content (AvgIpc) is 2.48. The van der Waals surface area contributed by atoms with Crippen LogP contribution in [0.1, 0.15) is 26.7 Å². The van der Waals surface area contributed by atoms with Gasteiger partial charge in [-0.1, -0.05) is 0 Å². The Morgan fingerprint density at radius 2 is 2.19 bits per heavy atom. The third-order valence-corrected chi connectivity index (χ3v) is 3.61. The van der Waals surface area contributed by atoms with E-state index in [-0.39, 0.29) is 6.10 Å². The number of carbonyl (C=O) groups is 1. The lowest BCUT2D eigenvalue weighted by atomic mass is 10.3. The van der Waals surface area contributed by atoms with Crippen molar-refractivity contribution in [3.8, 4) is 0 Å². The molecule has 1 unspecified atom stereocenters. The number of nitrogens with one attached hydrogen (secondary N) is 1. The fourth-order valence-corrected chi connectivity index (χ4v) is 2.67. The first kappa shape index (κ1) is 13.2. The van der Waals surface area contributed by atoms with Gasteiger partial charge in [-0.05, 0) is 26.7 Å². The summed E-state index contributed by atoms with van der Waals surface area (Å²) in [5.74, 6) is 0. The number of hydrogen-bond acceptors (Lipinski definition) is 5. The van der Waals surface area contributed by atoms with E-state index < -0.39 is 22.5 Å². The van der Waals surface area contributed by atoms with Crippen molar-refractivity contribution in [3.05, 3.63) is 0 Å². The fourth-order valence-electron chi connectivity index (χ4n) is 1.47. The highest BCUT2D eigenvalue weighted by atomic mass is 32.2. The summed E-state index contributed by atoms with van der Waals surface area (Å²) >= 11 is 0. The summed E-state index contributed by atoms with van der Waals surface area (Å²) in [7, 11) is -3.87. The molecule has 7 nitrogen and oxygen atoms in total. The monoisotopic (exact) mass is 251 g/mol. The predicted molar refractivity (Wildman–Crippen MR) is 57.6 cm³/mol. The maximum Gasteiger partial charge on any atom is 0.422 e. The highest BCUT2D eigenvalue weighted by Crippen LogP contribution is 2.15. The molecule has 1 fully saturated rings. The first-order chi connectivity index (χ1) is 7.33. The lowest BCUT2D eigenvalue weighted by molar-refractivity contribution is 0.121. The van der Waals surface area contributed by atoms with E-state index in [0.717, 1.165) is 4.31 Å². The Morgan fingerprint density at radius 3 is 2.62 bits per heavy atom. The second kappa shape index (κ2) is 4.98. The standard InChI is InChI=1S/C8H17N3O4S/c1-6(2)15-8(12)10-16(13,14)11-5-3-4-7(11)9/h6-7H,3-5,9H2,1-2H3,(H,10,12). The third kappa shape index (κ3) is 3.32. The summed E-state index contributed by atoms with van der Waals surface area (Å²) in [6.45, 7) is 3.59. The lowest BCUT2D eigenvalue weighted by Crippen LogP contribution is -2.49. The van der Waals surface area contributed by atoms with Crippen molar-refractivity contribution in [2.45, 2.75) is 39.0 Å². The number of nitrogens with zero attached hydrogens (tertiary/aromatic N) is 1. The van der Waals surface area contributed by atoms with Crippen LogP contribution in [0, 0.1) is 0 Å². The summed E-state index contributed by atoms with van der Waals surface area (Å²) in [6.07, 6.45) is -0.623. The average molecular weight is 251 g/mol. The Balaban J connectivity index is 2.61. The summed E-state index contributed by atoms with van der Waals surface area (Å²) in [6, 6.07) is 0. The van der Waals surface area contributed by atoms with E-state index in [1.165, 1.54) is 0 Å². The second-order valence-electron chi connectivity index (χ2n) is 3.88. The highest BCUT2D eigenvalue weighted by Gasteiger charge is 2.33. The van der Waals surface area contributed by atoms with E-state index in [4.69, 9.17) is 5.73 Å². The van der Waals surface area contributed by atoms with Crippen LogP contribution in [0.5, 0.6) is 0 Å². The largest absolute Gasteiger partial charge is 0.446 e. The van der Waals surface area contributed by atoms with Gasteiger partial charge < -0.3 is 10.5 Å². The summed E-state index contributed by atoms with van der Waals surface area (Å²) in [5.41, 5.74) is 5.60. The van der Waals surface area contributed by atoms with Crippen LogP contribution in [0.4, 0.5) is 4.79 Å². The quantitative estimate of drug-likeness (QED) is 0.720. The van der Waals surface area contributed by atoms with Crippen LogP contribution in [0.25, 0.3) is 0 Å². The SMILES string of the molecule is CC(C)OC(=O)NS(=O)(=O)N1CCCC1N. The number of amides is 1. The highest BCUT2D eigenvalue weighted by molar-refractivity contribution is 7.87. The van der Waals surface area contributed by atoms with Crippen molar-refractivity contribution in [2.75, 3.05) is 6.54 Å². The van der Waals surface area contributed by atoms with Gasteiger partial charge in [0, 0.05) is 6.54 Å². The van der Waals surface area contributed by atoms with Gasteiger partial charge in [0.15, 0.2) is 0 Å². The maximum absolute atomic E-state index is 11.7. The molecule has 94 valence electrons. The van der Waals surface area contributed by atoms with E-state index in [2.05, 4.69) is 4.74 Å². The van der Waals surface area contributed by atoms with E-state index in [9.17, 15) is 13.2 Å². The van der Waals surface area contributed by atoms with Gasteiger partial charge in [-0.3, -0.25) is 0 Å². The Hall–Kier alpha value is -0.860. The number of carbonyl (C=O) groups excluding carboxylic acids is 1. The summed E-state index contributed by atoms with van der Waals surface area (Å²) in [5, 5.41) is 0. The zero-order chi connectivity index (χ0) is 12.3. The molecule has 1 atom stereocenters. The molecule has 0 aromatic rings. The van der Waals surface area contributed by atoms with Gasteiger partial charge in [0.1, 0.15) is 0 Å². The Bertz CT molecular complexity index is 354. The van der Waals surface area contributed by atoms with Crippen LogP contribution in [0.3, 0.4) is 0 Å². The number of hydrogen-bond donors (Lipinski definition) is 2. The van der Waals surface area contributed by atoms with Gasteiger partial charge in [0.2, 0.25) is 0 Å². The minimum Gasteiger partial charge on any atom is -0.446 e. The van der Waals surface area contributed by atoms with E-state index in [0.29, 0.717) is 19.4 Å². The van der Waals surface area contributed by atoms with Gasteiger partial charge in [-0.25, -0.2) is 9.52 Å². The Labute approximate surface area is 95.1 Å². The molecule has 0 aromatic carbocycles. The van der Waals surface area contributed by atoms with E-state index >= 15 is 0 Å². The molecule has 8 heteroatoms. The summed E-state index contributed by atoms with van der Waals surface area (Å²) < 4.78 is 30.9. The van der Waals surface area contributed by atoms with Crippen LogP contribution >= 0.6 is 0 Å². The molecule has 0 radical (unpaired) electrons. The first-order valence-electron chi connectivity index (χ1n) is 5.08. The Kier molecular flexibility index (Phi) is 4.11. The smallest absolute Gasteiger partial charge is 0.422 e. The van der Waals surface area contributed by atoms with Crippen LogP contribution in [-0.4, -0.2) is 37.6 Å². The van der Waals surface area contributed by atoms with Crippen LogP contribution in [0.15, 0.2) is 0 Å². The molecule has 16 heavy (non-hydrogen) atoms. The predicted octanol–water partition coefficient (Wildman–Crippen LogP) is -0.254. The van der Waals surface area contributed by atoms with Crippen molar-refractivity contribution in [3.63, 3.8) is 0 Å². The van der Waals surface area contributed by atoms with Gasteiger partial charge in [-0.15, -0.1) is 0 Å².